The summed E-state index contributed by atoms with van der Waals surface area (Å²) in [5.74, 6) is 0.836. The third-order valence-electron chi connectivity index (χ3n) is 3.85. The van der Waals surface area contributed by atoms with Gasteiger partial charge in [0.05, 0.1) is 5.56 Å². The minimum absolute atomic E-state index is 0.179. The monoisotopic (exact) mass is 281 g/mol. The van der Waals surface area contributed by atoms with Crippen LogP contribution in [0.2, 0.25) is 0 Å². The summed E-state index contributed by atoms with van der Waals surface area (Å²) in [4.78, 5) is 0.179. The molecule has 1 aromatic carbocycles. The van der Waals surface area contributed by atoms with Crippen LogP contribution < -0.4 is 10.5 Å². The largest absolute Gasteiger partial charge is 0.489 e. The third kappa shape index (κ3) is 3.44. The van der Waals surface area contributed by atoms with Crippen LogP contribution in [0.1, 0.15) is 44.6 Å². The van der Waals surface area contributed by atoms with Crippen LogP contribution in [0.5, 0.6) is 5.75 Å². The smallest absolute Gasteiger partial charge is 0.130 e. The van der Waals surface area contributed by atoms with E-state index in [1.807, 2.05) is 0 Å². The normalized spacial score (nSPS) is 23.1. The third-order valence-corrected chi connectivity index (χ3v) is 4.07. The molecule has 0 spiro atoms. The molecule has 2 rings (SSSR count). The van der Waals surface area contributed by atoms with Gasteiger partial charge in [-0.3, -0.25) is 0 Å². The lowest BCUT2D eigenvalue weighted by Gasteiger charge is -2.31. The summed E-state index contributed by atoms with van der Waals surface area (Å²) in [6.45, 7) is 2.19. The van der Waals surface area contributed by atoms with Gasteiger partial charge in [0.2, 0.25) is 0 Å². The molecule has 0 bridgehead atoms. The first kappa shape index (κ1) is 14.3. The zero-order chi connectivity index (χ0) is 13.8. The van der Waals surface area contributed by atoms with Crippen molar-refractivity contribution < 1.29 is 9.13 Å². The van der Waals surface area contributed by atoms with E-state index in [9.17, 15) is 4.39 Å². The number of nitrogens with two attached hydrogens (primary N) is 1. The predicted molar refractivity (Wildman–Crippen MR) is 79.0 cm³/mol. The number of hydrogen-bond donors (Lipinski definition) is 1. The molecule has 0 radical (unpaired) electrons. The molecule has 1 aromatic rings. The summed E-state index contributed by atoms with van der Waals surface area (Å²) in [6, 6.07) is 4.37. The van der Waals surface area contributed by atoms with E-state index < -0.39 is 0 Å². The number of hydrogen-bond acceptors (Lipinski definition) is 2. The summed E-state index contributed by atoms with van der Waals surface area (Å²) in [5.41, 5.74) is 6.14. The van der Waals surface area contributed by atoms with Crippen molar-refractivity contribution in [1.29, 1.82) is 0 Å². The molecule has 4 heteroatoms. The highest BCUT2D eigenvalue weighted by molar-refractivity contribution is 7.80. The van der Waals surface area contributed by atoms with Crippen molar-refractivity contribution in [2.45, 2.75) is 45.1 Å². The lowest BCUT2D eigenvalue weighted by atomic mass is 9.84. The molecule has 2 atom stereocenters. The Kier molecular flexibility index (Phi) is 4.75. The van der Waals surface area contributed by atoms with Gasteiger partial charge < -0.3 is 10.5 Å². The van der Waals surface area contributed by atoms with Crippen LogP contribution in [0.3, 0.4) is 0 Å². The van der Waals surface area contributed by atoms with Crippen LogP contribution in [-0.2, 0) is 0 Å². The number of benzene rings is 1. The first-order valence-corrected chi connectivity index (χ1v) is 7.28. The van der Waals surface area contributed by atoms with Crippen molar-refractivity contribution in [3.63, 3.8) is 0 Å². The van der Waals surface area contributed by atoms with Gasteiger partial charge in [-0.25, -0.2) is 4.39 Å². The lowest BCUT2D eigenvalue weighted by molar-refractivity contribution is 0.0901. The highest BCUT2D eigenvalue weighted by atomic mass is 32.1. The van der Waals surface area contributed by atoms with Crippen LogP contribution in [0, 0.1) is 11.7 Å². The van der Waals surface area contributed by atoms with E-state index >= 15 is 0 Å². The molecule has 2 nitrogen and oxygen atoms in total. The van der Waals surface area contributed by atoms with Crippen molar-refractivity contribution in [1.82, 2.24) is 0 Å². The van der Waals surface area contributed by atoms with E-state index in [0.717, 1.165) is 12.8 Å². The Morgan fingerprint density at radius 2 is 2.16 bits per heavy atom. The summed E-state index contributed by atoms with van der Waals surface area (Å²) < 4.78 is 19.3. The number of rotatable bonds is 4. The number of halogens is 1. The zero-order valence-electron chi connectivity index (χ0n) is 11.2. The minimum atomic E-state index is -0.342. The van der Waals surface area contributed by atoms with Crippen molar-refractivity contribution in [2.24, 2.45) is 11.7 Å². The van der Waals surface area contributed by atoms with Gasteiger partial charge in [0.25, 0.3) is 0 Å². The van der Waals surface area contributed by atoms with Crippen LogP contribution in [0.15, 0.2) is 18.2 Å². The maximum Gasteiger partial charge on any atom is 0.130 e. The van der Waals surface area contributed by atoms with Gasteiger partial charge in [0.1, 0.15) is 22.7 Å². The average molecular weight is 281 g/mol. The fourth-order valence-corrected chi connectivity index (χ4v) is 2.92. The molecule has 0 aromatic heterocycles. The van der Waals surface area contributed by atoms with Crippen molar-refractivity contribution in [2.75, 3.05) is 0 Å². The van der Waals surface area contributed by atoms with Gasteiger partial charge in [0, 0.05) is 0 Å². The molecular weight excluding hydrogens is 261 g/mol. The molecule has 104 valence electrons. The standard InChI is InChI=1S/C15H20FNOS/c1-2-10-5-3-4-6-13(10)18-14-8-7-11(16)9-12(14)15(17)19/h7-10,13H,2-6H2,1H3,(H2,17,19). The summed E-state index contributed by atoms with van der Waals surface area (Å²) in [5, 5.41) is 0. The quantitative estimate of drug-likeness (QED) is 0.852. The summed E-state index contributed by atoms with van der Waals surface area (Å²) >= 11 is 4.97. The van der Waals surface area contributed by atoms with E-state index in [4.69, 9.17) is 22.7 Å². The number of ether oxygens (including phenoxy) is 1. The highest BCUT2D eigenvalue weighted by Gasteiger charge is 2.26. The average Bonchev–Trinajstić information content (AvgIpc) is 2.41. The van der Waals surface area contributed by atoms with Crippen molar-refractivity contribution in [3.8, 4) is 5.75 Å². The lowest BCUT2D eigenvalue weighted by Crippen LogP contribution is -2.30. The van der Waals surface area contributed by atoms with Crippen LogP contribution >= 0.6 is 12.2 Å². The maximum atomic E-state index is 13.3. The van der Waals surface area contributed by atoms with Crippen LogP contribution in [0.25, 0.3) is 0 Å². The van der Waals surface area contributed by atoms with E-state index in [2.05, 4.69) is 6.92 Å². The molecule has 1 fully saturated rings. The van der Waals surface area contributed by atoms with Gasteiger partial charge in [-0.05, 0) is 49.8 Å². The molecule has 1 saturated carbocycles. The Morgan fingerprint density at radius 3 is 2.84 bits per heavy atom. The Hall–Kier alpha value is -1.16. The van der Waals surface area contributed by atoms with Crippen LogP contribution in [0.4, 0.5) is 4.39 Å². The Morgan fingerprint density at radius 1 is 1.42 bits per heavy atom. The van der Waals surface area contributed by atoms with E-state index in [1.165, 1.54) is 31.4 Å². The fraction of sp³-hybridized carbons (Fsp3) is 0.533. The molecule has 2 N–H and O–H groups in total. The molecular formula is C15H20FNOS. The molecule has 0 amide bonds. The second-order valence-corrected chi connectivity index (χ2v) is 5.55. The predicted octanol–water partition coefficient (Wildman–Crippen LogP) is 3.81. The first-order chi connectivity index (χ1) is 9.11. The highest BCUT2D eigenvalue weighted by Crippen LogP contribution is 2.32. The maximum absolute atomic E-state index is 13.3. The molecule has 2 unspecified atom stereocenters. The molecule has 0 aliphatic heterocycles. The second-order valence-electron chi connectivity index (χ2n) is 5.11. The summed E-state index contributed by atoms with van der Waals surface area (Å²) in [7, 11) is 0. The first-order valence-electron chi connectivity index (χ1n) is 6.87. The topological polar surface area (TPSA) is 35.2 Å². The van der Waals surface area contributed by atoms with Gasteiger partial charge in [-0.2, -0.15) is 0 Å². The van der Waals surface area contributed by atoms with Crippen molar-refractivity contribution >= 4 is 17.2 Å². The number of thiocarbonyl (C=S) groups is 1. The van der Waals surface area contributed by atoms with Gasteiger partial charge in [-0.1, -0.05) is 25.6 Å². The SMILES string of the molecule is CCC1CCCCC1Oc1ccc(F)cc1C(N)=S. The Balaban J connectivity index is 2.20. The second kappa shape index (κ2) is 6.33. The molecule has 19 heavy (non-hydrogen) atoms. The van der Waals surface area contributed by atoms with E-state index in [0.29, 0.717) is 17.2 Å². The van der Waals surface area contributed by atoms with Gasteiger partial charge in [0.15, 0.2) is 0 Å². The molecule has 0 heterocycles. The Labute approximate surface area is 119 Å². The van der Waals surface area contributed by atoms with E-state index in [-0.39, 0.29) is 16.9 Å². The zero-order valence-corrected chi connectivity index (χ0v) is 12.0. The fourth-order valence-electron chi connectivity index (χ4n) is 2.76. The molecule has 0 saturated heterocycles. The summed E-state index contributed by atoms with van der Waals surface area (Å²) in [6.07, 6.45) is 6.00. The van der Waals surface area contributed by atoms with Gasteiger partial charge in [-0.15, -0.1) is 0 Å². The molecule has 1 aliphatic carbocycles. The van der Waals surface area contributed by atoms with E-state index in [1.54, 1.807) is 6.07 Å². The minimum Gasteiger partial charge on any atom is -0.489 e. The van der Waals surface area contributed by atoms with Crippen molar-refractivity contribution in [3.05, 3.63) is 29.6 Å². The van der Waals surface area contributed by atoms with Crippen LogP contribution in [-0.4, -0.2) is 11.1 Å². The molecule has 1 aliphatic rings. The Bertz CT molecular complexity index is 463. The van der Waals surface area contributed by atoms with Gasteiger partial charge >= 0.3 is 0 Å².